The monoisotopic (exact) mass is 394 g/mol. The summed E-state index contributed by atoms with van der Waals surface area (Å²) >= 11 is 0. The predicted molar refractivity (Wildman–Crippen MR) is 108 cm³/mol. The molecule has 0 unspecified atom stereocenters. The van der Waals surface area contributed by atoms with Gasteiger partial charge in [0.25, 0.3) is 5.56 Å². The Morgan fingerprint density at radius 3 is 2.79 bits per heavy atom. The summed E-state index contributed by atoms with van der Waals surface area (Å²) in [6.07, 6.45) is 5.25. The summed E-state index contributed by atoms with van der Waals surface area (Å²) in [4.78, 5) is 46.5. The zero-order valence-electron chi connectivity index (χ0n) is 16.5. The minimum atomic E-state index is -0.00176. The molecule has 0 N–H and O–H groups in total. The first-order valence-corrected chi connectivity index (χ1v) is 10.7. The molecule has 2 fully saturated rings. The van der Waals surface area contributed by atoms with E-state index in [0.29, 0.717) is 44.2 Å². The first-order chi connectivity index (χ1) is 14.1. The first-order valence-electron chi connectivity index (χ1n) is 10.7. The molecular formula is C22H26N4O3. The Labute approximate surface area is 169 Å². The zero-order chi connectivity index (χ0) is 20.0. The fraction of sp³-hybridized carbons (Fsp3) is 0.545. The van der Waals surface area contributed by atoms with Gasteiger partial charge in [0.15, 0.2) is 0 Å². The molecule has 152 valence electrons. The molecular weight excluding hydrogens is 368 g/mol. The Hall–Kier alpha value is -2.70. The average molecular weight is 394 g/mol. The van der Waals surface area contributed by atoms with E-state index >= 15 is 0 Å². The Morgan fingerprint density at radius 1 is 1.14 bits per heavy atom. The number of rotatable bonds is 4. The molecule has 1 aromatic heterocycles. The first kappa shape index (κ1) is 18.3. The lowest BCUT2D eigenvalue weighted by Gasteiger charge is -2.28. The molecule has 0 saturated carbocycles. The third-order valence-electron chi connectivity index (χ3n) is 6.65. The number of amides is 2. The number of fused-ring (bicyclic) bond motifs is 4. The standard InChI is InChI=1S/C22H26N4O3/c27-20-7-3-11-24(20)12-4-8-21(28)26-15-9-10-16(26)14-25-19(13-15)23-18-6-2-1-5-17(18)22(25)29/h1-2,5-6,15-16H,3-4,7-14H2/t15-,16-/m0/s1. The normalized spacial score (nSPS) is 23.5. The molecule has 7 heteroatoms. The summed E-state index contributed by atoms with van der Waals surface area (Å²) < 4.78 is 1.79. The molecule has 2 saturated heterocycles. The highest BCUT2D eigenvalue weighted by Gasteiger charge is 2.40. The van der Waals surface area contributed by atoms with Crippen LogP contribution >= 0.6 is 0 Å². The summed E-state index contributed by atoms with van der Waals surface area (Å²) in [5, 5.41) is 0.641. The van der Waals surface area contributed by atoms with E-state index in [-0.39, 0.29) is 29.5 Å². The lowest BCUT2D eigenvalue weighted by molar-refractivity contribution is -0.135. The third-order valence-corrected chi connectivity index (χ3v) is 6.65. The second-order valence-corrected chi connectivity index (χ2v) is 8.44. The van der Waals surface area contributed by atoms with Gasteiger partial charge in [-0.05, 0) is 37.8 Å². The molecule has 2 aromatic rings. The van der Waals surface area contributed by atoms with Gasteiger partial charge < -0.3 is 9.80 Å². The van der Waals surface area contributed by atoms with Crippen molar-refractivity contribution in [2.24, 2.45) is 0 Å². The van der Waals surface area contributed by atoms with Crippen LogP contribution in [0, 0.1) is 0 Å². The van der Waals surface area contributed by atoms with Gasteiger partial charge in [-0.2, -0.15) is 0 Å². The molecule has 29 heavy (non-hydrogen) atoms. The molecule has 7 nitrogen and oxygen atoms in total. The van der Waals surface area contributed by atoms with Gasteiger partial charge in [-0.15, -0.1) is 0 Å². The quantitative estimate of drug-likeness (QED) is 0.791. The van der Waals surface area contributed by atoms with Gasteiger partial charge in [-0.3, -0.25) is 19.0 Å². The molecule has 2 bridgehead atoms. The highest BCUT2D eigenvalue weighted by atomic mass is 16.2. The van der Waals surface area contributed by atoms with Gasteiger partial charge in [0.05, 0.1) is 16.9 Å². The highest BCUT2D eigenvalue weighted by molar-refractivity contribution is 5.79. The number of hydrogen-bond donors (Lipinski definition) is 0. The molecule has 0 radical (unpaired) electrons. The fourth-order valence-electron chi connectivity index (χ4n) is 5.22. The molecule has 4 heterocycles. The van der Waals surface area contributed by atoms with Crippen molar-refractivity contribution in [2.75, 3.05) is 13.1 Å². The molecule has 0 spiro atoms. The Morgan fingerprint density at radius 2 is 1.97 bits per heavy atom. The molecule has 0 aliphatic carbocycles. The van der Waals surface area contributed by atoms with Crippen molar-refractivity contribution in [2.45, 2.75) is 63.6 Å². The molecule has 1 aromatic carbocycles. The maximum atomic E-state index is 13.1. The number of nitrogens with zero attached hydrogens (tertiary/aromatic N) is 4. The number of likely N-dealkylation sites (tertiary alicyclic amines) is 1. The van der Waals surface area contributed by atoms with Crippen LogP contribution in [-0.4, -0.2) is 56.3 Å². The van der Waals surface area contributed by atoms with E-state index in [9.17, 15) is 14.4 Å². The number of carbonyl (C=O) groups excluding carboxylic acids is 2. The fourth-order valence-corrected chi connectivity index (χ4v) is 5.22. The van der Waals surface area contributed by atoms with Crippen LogP contribution in [0.25, 0.3) is 10.9 Å². The molecule has 2 amide bonds. The van der Waals surface area contributed by atoms with E-state index in [0.717, 1.165) is 37.1 Å². The maximum absolute atomic E-state index is 13.1. The predicted octanol–water partition coefficient (Wildman–Crippen LogP) is 1.71. The van der Waals surface area contributed by atoms with Crippen molar-refractivity contribution in [1.82, 2.24) is 19.4 Å². The van der Waals surface area contributed by atoms with Crippen LogP contribution in [-0.2, 0) is 22.6 Å². The van der Waals surface area contributed by atoms with E-state index < -0.39 is 0 Å². The molecule has 5 rings (SSSR count). The van der Waals surface area contributed by atoms with Crippen LogP contribution in [0.15, 0.2) is 29.1 Å². The topological polar surface area (TPSA) is 75.5 Å². The number of aromatic nitrogens is 2. The van der Waals surface area contributed by atoms with Gasteiger partial charge in [-0.25, -0.2) is 4.98 Å². The SMILES string of the molecule is O=C1CCCN1CCCC(=O)N1[C@H]2CC[C@H]1Cn1c(nc3ccccc3c1=O)C2. The smallest absolute Gasteiger partial charge is 0.261 e. The minimum Gasteiger partial charge on any atom is -0.343 e. The summed E-state index contributed by atoms with van der Waals surface area (Å²) in [6.45, 7) is 2.01. The van der Waals surface area contributed by atoms with Crippen molar-refractivity contribution < 1.29 is 9.59 Å². The van der Waals surface area contributed by atoms with Gasteiger partial charge in [-0.1, -0.05) is 12.1 Å². The lowest BCUT2D eigenvalue weighted by atomic mass is 10.1. The number of para-hydroxylation sites is 1. The van der Waals surface area contributed by atoms with E-state index in [4.69, 9.17) is 4.98 Å². The van der Waals surface area contributed by atoms with Crippen LogP contribution in [0.2, 0.25) is 0 Å². The average Bonchev–Trinajstić information content (AvgIpc) is 3.25. The number of carbonyl (C=O) groups is 2. The van der Waals surface area contributed by atoms with Gasteiger partial charge >= 0.3 is 0 Å². The molecule has 3 aliphatic heterocycles. The summed E-state index contributed by atoms with van der Waals surface area (Å²) in [7, 11) is 0. The van der Waals surface area contributed by atoms with E-state index in [1.165, 1.54) is 0 Å². The third kappa shape index (κ3) is 3.22. The highest BCUT2D eigenvalue weighted by Crippen LogP contribution is 2.31. The Balaban J connectivity index is 1.33. The second-order valence-electron chi connectivity index (χ2n) is 8.44. The van der Waals surface area contributed by atoms with Crippen LogP contribution in [0.5, 0.6) is 0 Å². The van der Waals surface area contributed by atoms with Crippen molar-refractivity contribution in [3.63, 3.8) is 0 Å². The number of hydrogen-bond acceptors (Lipinski definition) is 4. The van der Waals surface area contributed by atoms with Gasteiger partial charge in [0.1, 0.15) is 5.82 Å². The Bertz CT molecular complexity index is 1030. The van der Waals surface area contributed by atoms with Crippen molar-refractivity contribution >= 4 is 22.7 Å². The maximum Gasteiger partial charge on any atom is 0.261 e. The molecule has 2 atom stereocenters. The zero-order valence-corrected chi connectivity index (χ0v) is 16.5. The second kappa shape index (κ2) is 7.28. The summed E-state index contributed by atoms with van der Waals surface area (Å²) in [5.74, 6) is 1.15. The largest absolute Gasteiger partial charge is 0.343 e. The Kier molecular flexibility index (Phi) is 4.60. The van der Waals surface area contributed by atoms with E-state index in [1.807, 2.05) is 34.1 Å². The summed E-state index contributed by atoms with van der Waals surface area (Å²) in [5.41, 5.74) is 0.729. The van der Waals surface area contributed by atoms with Crippen LogP contribution in [0.3, 0.4) is 0 Å². The van der Waals surface area contributed by atoms with Crippen LogP contribution in [0.1, 0.15) is 44.3 Å². The van der Waals surface area contributed by atoms with Crippen LogP contribution in [0.4, 0.5) is 0 Å². The van der Waals surface area contributed by atoms with E-state index in [1.54, 1.807) is 4.57 Å². The lowest BCUT2D eigenvalue weighted by Crippen LogP contribution is -2.42. The van der Waals surface area contributed by atoms with Gasteiger partial charge in [0, 0.05) is 44.9 Å². The van der Waals surface area contributed by atoms with Gasteiger partial charge in [0.2, 0.25) is 11.8 Å². The number of benzene rings is 1. The van der Waals surface area contributed by atoms with Crippen molar-refractivity contribution in [3.8, 4) is 0 Å². The van der Waals surface area contributed by atoms with E-state index in [2.05, 4.69) is 0 Å². The van der Waals surface area contributed by atoms with Crippen molar-refractivity contribution in [3.05, 3.63) is 40.4 Å². The van der Waals surface area contributed by atoms with Crippen molar-refractivity contribution in [1.29, 1.82) is 0 Å². The van der Waals surface area contributed by atoms with Crippen LogP contribution < -0.4 is 5.56 Å². The minimum absolute atomic E-state index is 0.00176. The molecule has 3 aliphatic rings. The summed E-state index contributed by atoms with van der Waals surface area (Å²) in [6, 6.07) is 7.63.